The van der Waals surface area contributed by atoms with Gasteiger partial charge in [-0.15, -0.1) is 0 Å². The Labute approximate surface area is 191 Å². The zero-order chi connectivity index (χ0) is 24.2. The number of carboxylic acids is 1. The van der Waals surface area contributed by atoms with E-state index in [1.165, 1.54) is 24.3 Å². The number of benzene rings is 3. The lowest BCUT2D eigenvalue weighted by Gasteiger charge is -2.14. The summed E-state index contributed by atoms with van der Waals surface area (Å²) in [5, 5.41) is 12.2. The number of carboxylic acid groups (broad SMARTS) is 1. The van der Waals surface area contributed by atoms with E-state index in [0.717, 1.165) is 18.2 Å². The van der Waals surface area contributed by atoms with Crippen LogP contribution in [0.3, 0.4) is 0 Å². The number of aliphatic carboxylic acids is 1. The second-order valence-electron chi connectivity index (χ2n) is 7.53. The van der Waals surface area contributed by atoms with Crippen LogP contribution in [0, 0.1) is 17.5 Å². The van der Waals surface area contributed by atoms with Gasteiger partial charge in [-0.05, 0) is 59.7 Å². The number of hydrogen-bond donors (Lipinski definition) is 2. The largest absolute Gasteiger partial charge is 0.480 e. The monoisotopic (exact) mass is 469 g/mol. The molecule has 34 heavy (non-hydrogen) atoms. The van der Waals surface area contributed by atoms with Crippen LogP contribution in [-0.4, -0.2) is 23.2 Å². The molecule has 0 bridgehead atoms. The number of amides is 1. The zero-order valence-corrected chi connectivity index (χ0v) is 17.6. The molecule has 4 aromatic rings. The molecule has 9 heteroatoms. The molecule has 1 heterocycles. The van der Waals surface area contributed by atoms with Gasteiger partial charge in [-0.1, -0.05) is 18.2 Å². The molecule has 1 aromatic heterocycles. The fourth-order valence-corrected chi connectivity index (χ4v) is 3.43. The lowest BCUT2D eigenvalue weighted by atomic mass is 10.0. The van der Waals surface area contributed by atoms with Crippen LogP contribution in [0.4, 0.5) is 18.0 Å². The standard InChI is InChI=1S/C25H18F3NO5/c26-17-4-1-14(2-5-17)9-22(24(30)31)29-25(32)33-13-19-11-16-10-15(3-8-23(16)34-19)20-12-18(27)6-7-21(20)28/h1-8,10-12,22H,9,13H2,(H,29,32)(H,30,31). The summed E-state index contributed by atoms with van der Waals surface area (Å²) in [6, 6.07) is 13.5. The first-order chi connectivity index (χ1) is 16.3. The Hall–Kier alpha value is -4.27. The zero-order valence-electron chi connectivity index (χ0n) is 17.6. The number of hydrogen-bond acceptors (Lipinski definition) is 4. The van der Waals surface area contributed by atoms with Gasteiger partial charge in [-0.3, -0.25) is 0 Å². The minimum Gasteiger partial charge on any atom is -0.480 e. The van der Waals surface area contributed by atoms with Crippen LogP contribution in [0.1, 0.15) is 11.3 Å². The highest BCUT2D eigenvalue weighted by Crippen LogP contribution is 2.29. The van der Waals surface area contributed by atoms with Crippen LogP contribution in [0.5, 0.6) is 0 Å². The molecule has 0 saturated heterocycles. The van der Waals surface area contributed by atoms with E-state index in [1.54, 1.807) is 24.3 Å². The number of nitrogens with one attached hydrogen (secondary N) is 1. The minimum absolute atomic E-state index is 0.0607. The van der Waals surface area contributed by atoms with Crippen molar-refractivity contribution in [2.75, 3.05) is 0 Å². The molecule has 0 saturated carbocycles. The van der Waals surface area contributed by atoms with Crippen LogP contribution < -0.4 is 5.32 Å². The third-order valence-electron chi connectivity index (χ3n) is 5.10. The first-order valence-corrected chi connectivity index (χ1v) is 10.2. The second kappa shape index (κ2) is 9.70. The Morgan fingerprint density at radius 2 is 1.68 bits per heavy atom. The maximum absolute atomic E-state index is 14.1. The van der Waals surface area contributed by atoms with Crippen molar-refractivity contribution >= 4 is 23.0 Å². The molecule has 1 unspecified atom stereocenters. The number of rotatable bonds is 7. The summed E-state index contributed by atoms with van der Waals surface area (Å²) in [5.41, 5.74) is 1.51. The van der Waals surface area contributed by atoms with Gasteiger partial charge in [0.05, 0.1) is 0 Å². The Balaban J connectivity index is 1.41. The molecule has 4 rings (SSSR count). The first-order valence-electron chi connectivity index (χ1n) is 10.2. The summed E-state index contributed by atoms with van der Waals surface area (Å²) in [6.45, 7) is -0.285. The molecular weight excluding hydrogens is 451 g/mol. The van der Waals surface area contributed by atoms with Gasteiger partial charge >= 0.3 is 12.1 Å². The summed E-state index contributed by atoms with van der Waals surface area (Å²) in [7, 11) is 0. The van der Waals surface area contributed by atoms with Gasteiger partial charge in [-0.2, -0.15) is 0 Å². The van der Waals surface area contributed by atoms with E-state index in [-0.39, 0.29) is 24.4 Å². The highest BCUT2D eigenvalue weighted by atomic mass is 19.1. The van der Waals surface area contributed by atoms with Gasteiger partial charge in [0.1, 0.15) is 34.8 Å². The Bertz CT molecular complexity index is 1350. The fraction of sp³-hybridized carbons (Fsp3) is 0.120. The third-order valence-corrected chi connectivity index (χ3v) is 5.10. The Morgan fingerprint density at radius 3 is 2.41 bits per heavy atom. The van der Waals surface area contributed by atoms with E-state index in [2.05, 4.69) is 5.32 Å². The van der Waals surface area contributed by atoms with E-state index < -0.39 is 35.6 Å². The number of alkyl carbamates (subject to hydrolysis) is 1. The summed E-state index contributed by atoms with van der Waals surface area (Å²) in [4.78, 5) is 23.6. The molecule has 0 aliphatic carbocycles. The molecule has 3 aromatic carbocycles. The predicted molar refractivity (Wildman–Crippen MR) is 116 cm³/mol. The van der Waals surface area contributed by atoms with Crippen LogP contribution in [0.2, 0.25) is 0 Å². The minimum atomic E-state index is -1.28. The van der Waals surface area contributed by atoms with Crippen LogP contribution in [0.15, 0.2) is 71.1 Å². The number of carbonyl (C=O) groups is 2. The topological polar surface area (TPSA) is 88.8 Å². The van der Waals surface area contributed by atoms with E-state index in [9.17, 15) is 27.9 Å². The molecule has 0 radical (unpaired) electrons. The number of fused-ring (bicyclic) bond motifs is 1. The number of carbonyl (C=O) groups excluding carboxylic acids is 1. The van der Waals surface area contributed by atoms with Crippen molar-refractivity contribution in [2.45, 2.75) is 19.1 Å². The molecule has 0 spiro atoms. The maximum Gasteiger partial charge on any atom is 0.408 e. The van der Waals surface area contributed by atoms with E-state index in [4.69, 9.17) is 9.15 Å². The summed E-state index contributed by atoms with van der Waals surface area (Å²) in [5.74, 6) is -2.60. The van der Waals surface area contributed by atoms with Crippen molar-refractivity contribution in [3.8, 4) is 11.1 Å². The first kappa shape index (κ1) is 22.9. The third kappa shape index (κ3) is 5.37. The highest BCUT2D eigenvalue weighted by Gasteiger charge is 2.21. The number of ether oxygens (including phenoxy) is 1. The van der Waals surface area contributed by atoms with Crippen LogP contribution in [-0.2, 0) is 22.6 Å². The molecule has 2 N–H and O–H groups in total. The number of furan rings is 1. The highest BCUT2D eigenvalue weighted by molar-refractivity contribution is 5.84. The van der Waals surface area contributed by atoms with Crippen LogP contribution in [0.25, 0.3) is 22.1 Å². The molecular formula is C25H18F3NO5. The smallest absolute Gasteiger partial charge is 0.408 e. The quantitative estimate of drug-likeness (QED) is 0.376. The lowest BCUT2D eigenvalue weighted by molar-refractivity contribution is -0.139. The summed E-state index contributed by atoms with van der Waals surface area (Å²) in [6.07, 6.45) is -1.04. The van der Waals surface area contributed by atoms with Gasteiger partial charge in [0.2, 0.25) is 0 Å². The van der Waals surface area contributed by atoms with Gasteiger partial charge in [0.25, 0.3) is 0 Å². The molecule has 0 fully saturated rings. The lowest BCUT2D eigenvalue weighted by Crippen LogP contribution is -2.42. The molecule has 0 aliphatic rings. The molecule has 0 aliphatic heterocycles. The average molecular weight is 469 g/mol. The van der Waals surface area contributed by atoms with Crippen molar-refractivity contribution < 1.29 is 37.0 Å². The van der Waals surface area contributed by atoms with Gasteiger partial charge < -0.3 is 19.6 Å². The maximum atomic E-state index is 14.1. The van der Waals surface area contributed by atoms with Gasteiger partial charge in [-0.25, -0.2) is 22.8 Å². The van der Waals surface area contributed by atoms with Crippen molar-refractivity contribution in [3.05, 3.63) is 95.5 Å². The van der Waals surface area contributed by atoms with Gasteiger partial charge in [0, 0.05) is 17.4 Å². The van der Waals surface area contributed by atoms with E-state index >= 15 is 0 Å². The summed E-state index contributed by atoms with van der Waals surface area (Å²) >= 11 is 0. The second-order valence-corrected chi connectivity index (χ2v) is 7.53. The normalized spacial score (nSPS) is 11.9. The Morgan fingerprint density at radius 1 is 0.941 bits per heavy atom. The molecule has 1 atom stereocenters. The molecule has 6 nitrogen and oxygen atoms in total. The summed E-state index contributed by atoms with van der Waals surface area (Å²) < 4.78 is 51.3. The average Bonchev–Trinajstić information content (AvgIpc) is 3.22. The van der Waals surface area contributed by atoms with Crippen molar-refractivity contribution in [2.24, 2.45) is 0 Å². The Kier molecular flexibility index (Phi) is 6.53. The SMILES string of the molecule is O=C(NC(Cc1ccc(F)cc1)C(=O)O)OCc1cc2cc(-c3cc(F)ccc3F)ccc2o1. The van der Waals surface area contributed by atoms with Crippen molar-refractivity contribution in [1.29, 1.82) is 0 Å². The van der Waals surface area contributed by atoms with Crippen molar-refractivity contribution in [1.82, 2.24) is 5.32 Å². The van der Waals surface area contributed by atoms with Crippen molar-refractivity contribution in [3.63, 3.8) is 0 Å². The number of halogens is 3. The fourth-order valence-electron chi connectivity index (χ4n) is 3.43. The van der Waals surface area contributed by atoms with E-state index in [1.807, 2.05) is 0 Å². The van der Waals surface area contributed by atoms with E-state index in [0.29, 0.717) is 22.1 Å². The van der Waals surface area contributed by atoms with Crippen LogP contribution >= 0.6 is 0 Å². The molecule has 1 amide bonds. The predicted octanol–water partition coefficient (Wildman–Crippen LogP) is 5.44. The molecule has 174 valence electrons. The van der Waals surface area contributed by atoms with Gasteiger partial charge in [0.15, 0.2) is 6.61 Å².